The number of ether oxygens (including phenoxy) is 2. The Kier molecular flexibility index (Phi) is 2.80. The lowest BCUT2D eigenvalue weighted by Gasteiger charge is -2.10. The first kappa shape index (κ1) is 11.0. The van der Waals surface area contributed by atoms with E-state index in [2.05, 4.69) is 4.98 Å². The summed E-state index contributed by atoms with van der Waals surface area (Å²) in [5.41, 5.74) is 6.86. The fourth-order valence-corrected chi connectivity index (χ4v) is 1.98. The third-order valence-electron chi connectivity index (χ3n) is 2.91. The second-order valence-corrected chi connectivity index (χ2v) is 4.24. The average molecular weight is 245 g/mol. The van der Waals surface area contributed by atoms with Gasteiger partial charge in [0.15, 0.2) is 17.4 Å². The van der Waals surface area contributed by atoms with Gasteiger partial charge in [-0.05, 0) is 17.7 Å². The molecule has 0 amide bonds. The van der Waals surface area contributed by atoms with Crippen molar-refractivity contribution in [1.29, 1.82) is 0 Å². The molecule has 0 saturated heterocycles. The molecule has 0 radical (unpaired) electrons. The zero-order valence-electron chi connectivity index (χ0n) is 10.0. The second-order valence-electron chi connectivity index (χ2n) is 4.24. The van der Waals surface area contributed by atoms with Crippen LogP contribution in [-0.4, -0.2) is 22.8 Å². The summed E-state index contributed by atoms with van der Waals surface area (Å²) in [4.78, 5) is 4.00. The van der Waals surface area contributed by atoms with Crippen molar-refractivity contribution in [2.24, 2.45) is 0 Å². The molecule has 5 nitrogen and oxygen atoms in total. The summed E-state index contributed by atoms with van der Waals surface area (Å²) >= 11 is 0. The molecule has 0 unspecified atom stereocenters. The minimum Gasteiger partial charge on any atom is -0.490 e. The van der Waals surface area contributed by atoms with Gasteiger partial charge in [0.1, 0.15) is 0 Å². The number of imidazole rings is 1. The Labute approximate surface area is 105 Å². The smallest absolute Gasteiger partial charge is 0.200 e. The maximum absolute atomic E-state index is 5.75. The highest BCUT2D eigenvalue weighted by Crippen LogP contribution is 2.30. The van der Waals surface area contributed by atoms with Crippen molar-refractivity contribution in [1.82, 2.24) is 9.55 Å². The van der Waals surface area contributed by atoms with Crippen LogP contribution in [0.4, 0.5) is 5.95 Å². The second kappa shape index (κ2) is 4.60. The molecule has 0 bridgehead atoms. The Hall–Kier alpha value is -2.17. The van der Waals surface area contributed by atoms with Crippen molar-refractivity contribution in [2.45, 2.75) is 13.0 Å². The molecule has 2 heterocycles. The van der Waals surface area contributed by atoms with Crippen LogP contribution in [0.5, 0.6) is 11.5 Å². The summed E-state index contributed by atoms with van der Waals surface area (Å²) in [7, 11) is 0. The molecule has 18 heavy (non-hydrogen) atoms. The number of hydrogen-bond acceptors (Lipinski definition) is 4. The lowest BCUT2D eigenvalue weighted by molar-refractivity contribution is 0.297. The minimum atomic E-state index is 0.516. The van der Waals surface area contributed by atoms with E-state index in [0.29, 0.717) is 25.7 Å². The molecule has 3 rings (SSSR count). The monoisotopic (exact) mass is 245 g/mol. The number of hydrogen-bond donors (Lipinski definition) is 1. The predicted octanol–water partition coefficient (Wildman–Crippen LogP) is 1.67. The molecule has 1 aliphatic heterocycles. The number of fused-ring (bicyclic) bond motifs is 1. The van der Waals surface area contributed by atoms with Crippen LogP contribution in [0.1, 0.15) is 12.0 Å². The largest absolute Gasteiger partial charge is 0.490 e. The van der Waals surface area contributed by atoms with E-state index in [1.807, 2.05) is 29.0 Å². The molecular weight excluding hydrogens is 230 g/mol. The molecular formula is C13H15N3O2. The van der Waals surface area contributed by atoms with Gasteiger partial charge in [-0.1, -0.05) is 6.07 Å². The quantitative estimate of drug-likeness (QED) is 0.874. The van der Waals surface area contributed by atoms with Gasteiger partial charge in [-0.2, -0.15) is 0 Å². The number of benzene rings is 1. The molecule has 0 fully saturated rings. The molecule has 94 valence electrons. The first-order valence-electron chi connectivity index (χ1n) is 5.98. The third-order valence-corrected chi connectivity index (χ3v) is 2.91. The van der Waals surface area contributed by atoms with E-state index in [4.69, 9.17) is 15.2 Å². The number of nitrogens with two attached hydrogens (primary N) is 1. The molecule has 0 aliphatic carbocycles. The van der Waals surface area contributed by atoms with Gasteiger partial charge >= 0.3 is 0 Å². The van der Waals surface area contributed by atoms with Crippen molar-refractivity contribution in [2.75, 3.05) is 18.9 Å². The lowest BCUT2D eigenvalue weighted by atomic mass is 10.2. The fourth-order valence-electron chi connectivity index (χ4n) is 1.98. The van der Waals surface area contributed by atoms with Crippen LogP contribution in [-0.2, 0) is 6.54 Å². The van der Waals surface area contributed by atoms with Gasteiger partial charge in [-0.3, -0.25) is 0 Å². The van der Waals surface area contributed by atoms with Crippen LogP contribution in [0.2, 0.25) is 0 Å². The summed E-state index contributed by atoms with van der Waals surface area (Å²) in [6, 6.07) is 5.97. The van der Waals surface area contributed by atoms with Crippen molar-refractivity contribution in [3.05, 3.63) is 36.2 Å². The van der Waals surface area contributed by atoms with Gasteiger partial charge < -0.3 is 19.8 Å². The summed E-state index contributed by atoms with van der Waals surface area (Å²) in [5, 5.41) is 0. The Morgan fingerprint density at radius 2 is 2.06 bits per heavy atom. The molecule has 1 aromatic heterocycles. The molecule has 5 heteroatoms. The van der Waals surface area contributed by atoms with Crippen LogP contribution in [0.25, 0.3) is 0 Å². The lowest BCUT2D eigenvalue weighted by Crippen LogP contribution is -2.04. The van der Waals surface area contributed by atoms with Crippen molar-refractivity contribution < 1.29 is 9.47 Å². The third kappa shape index (κ3) is 2.11. The molecule has 0 atom stereocenters. The summed E-state index contributed by atoms with van der Waals surface area (Å²) in [5.74, 6) is 2.14. The molecule has 0 spiro atoms. The van der Waals surface area contributed by atoms with Crippen molar-refractivity contribution >= 4 is 5.95 Å². The van der Waals surface area contributed by atoms with E-state index < -0.39 is 0 Å². The van der Waals surface area contributed by atoms with Crippen molar-refractivity contribution in [3.63, 3.8) is 0 Å². The zero-order chi connectivity index (χ0) is 12.4. The van der Waals surface area contributed by atoms with Gasteiger partial charge in [0.2, 0.25) is 0 Å². The summed E-state index contributed by atoms with van der Waals surface area (Å²) in [6.45, 7) is 2.09. The van der Waals surface area contributed by atoms with Gasteiger partial charge in [-0.25, -0.2) is 4.98 Å². The minimum absolute atomic E-state index is 0.516. The standard InChI is InChI=1S/C13H15N3O2/c14-13-15-4-5-16(13)9-10-2-3-11-12(8-10)18-7-1-6-17-11/h2-5,8H,1,6-7,9H2,(H2,14,15). The average Bonchev–Trinajstić information content (AvgIpc) is 2.65. The zero-order valence-corrected chi connectivity index (χ0v) is 10.0. The van der Waals surface area contributed by atoms with E-state index >= 15 is 0 Å². The Balaban J connectivity index is 1.85. The highest BCUT2D eigenvalue weighted by Gasteiger charge is 2.11. The van der Waals surface area contributed by atoms with Crippen molar-refractivity contribution in [3.8, 4) is 11.5 Å². The molecule has 0 saturated carbocycles. The van der Waals surface area contributed by atoms with Gasteiger partial charge in [0.25, 0.3) is 0 Å². The number of anilines is 1. The fraction of sp³-hybridized carbons (Fsp3) is 0.308. The topological polar surface area (TPSA) is 62.3 Å². The highest BCUT2D eigenvalue weighted by atomic mass is 16.5. The SMILES string of the molecule is Nc1nccn1Cc1ccc2c(c1)OCCCO2. The molecule has 1 aliphatic rings. The molecule has 2 aromatic rings. The number of nitrogen functional groups attached to an aromatic ring is 1. The van der Waals surface area contributed by atoms with Crippen LogP contribution in [0, 0.1) is 0 Å². The van der Waals surface area contributed by atoms with Crippen LogP contribution < -0.4 is 15.2 Å². The van der Waals surface area contributed by atoms with Gasteiger partial charge in [-0.15, -0.1) is 0 Å². The van der Waals surface area contributed by atoms with Crippen LogP contribution >= 0.6 is 0 Å². The summed E-state index contributed by atoms with van der Waals surface area (Å²) < 4.78 is 13.1. The molecule has 2 N–H and O–H groups in total. The Bertz CT molecular complexity index is 551. The van der Waals surface area contributed by atoms with Gasteiger partial charge in [0.05, 0.1) is 19.8 Å². The Morgan fingerprint density at radius 1 is 1.22 bits per heavy atom. The molecule has 1 aromatic carbocycles. The predicted molar refractivity (Wildman–Crippen MR) is 67.8 cm³/mol. The van der Waals surface area contributed by atoms with E-state index in [0.717, 1.165) is 23.5 Å². The first-order chi connectivity index (χ1) is 8.83. The number of aromatic nitrogens is 2. The van der Waals surface area contributed by atoms with Crippen LogP contribution in [0.15, 0.2) is 30.6 Å². The van der Waals surface area contributed by atoms with Crippen LogP contribution in [0.3, 0.4) is 0 Å². The Morgan fingerprint density at radius 3 is 2.83 bits per heavy atom. The first-order valence-corrected chi connectivity index (χ1v) is 5.98. The van der Waals surface area contributed by atoms with E-state index in [1.54, 1.807) is 6.20 Å². The highest BCUT2D eigenvalue weighted by molar-refractivity contribution is 5.43. The van der Waals surface area contributed by atoms with E-state index in [1.165, 1.54) is 0 Å². The number of rotatable bonds is 2. The normalized spacial score (nSPS) is 14.2. The number of nitrogens with zero attached hydrogens (tertiary/aromatic N) is 2. The summed E-state index contributed by atoms with van der Waals surface area (Å²) in [6.07, 6.45) is 4.47. The maximum Gasteiger partial charge on any atom is 0.200 e. The van der Waals surface area contributed by atoms with E-state index in [9.17, 15) is 0 Å². The van der Waals surface area contributed by atoms with E-state index in [-0.39, 0.29) is 0 Å². The maximum atomic E-state index is 5.75. The van der Waals surface area contributed by atoms with Gasteiger partial charge in [0, 0.05) is 18.8 Å².